The molecule has 1 amide bonds. The van der Waals surface area contributed by atoms with Gasteiger partial charge >= 0.3 is 0 Å². The summed E-state index contributed by atoms with van der Waals surface area (Å²) in [5.41, 5.74) is 5.16. The number of aliphatic hydroxyl groups is 1. The van der Waals surface area contributed by atoms with Crippen molar-refractivity contribution in [3.8, 4) is 11.3 Å². The van der Waals surface area contributed by atoms with Crippen molar-refractivity contribution in [1.29, 1.82) is 0 Å². The Balaban J connectivity index is 1.16. The number of nitrogens with zero attached hydrogens (tertiary/aromatic N) is 6. The van der Waals surface area contributed by atoms with Crippen molar-refractivity contribution in [2.45, 2.75) is 63.1 Å². The maximum atomic E-state index is 13.5. The molecule has 0 radical (unpaired) electrons. The summed E-state index contributed by atoms with van der Waals surface area (Å²) in [6.07, 6.45) is 4.89. The van der Waals surface area contributed by atoms with Gasteiger partial charge in [-0.2, -0.15) is 5.10 Å². The van der Waals surface area contributed by atoms with Crippen molar-refractivity contribution >= 4 is 16.9 Å². The second kappa shape index (κ2) is 11.1. The normalized spacial score (nSPS) is 18.9. The van der Waals surface area contributed by atoms with Crippen LogP contribution in [0.15, 0.2) is 59.7 Å². The summed E-state index contributed by atoms with van der Waals surface area (Å²) >= 11 is 0. The summed E-state index contributed by atoms with van der Waals surface area (Å²) in [5.74, 6) is 0.226. The van der Waals surface area contributed by atoms with Crippen LogP contribution in [0.5, 0.6) is 0 Å². The van der Waals surface area contributed by atoms with Crippen molar-refractivity contribution in [2.75, 3.05) is 27.2 Å². The van der Waals surface area contributed by atoms with Gasteiger partial charge in [-0.3, -0.25) is 18.8 Å². The van der Waals surface area contributed by atoms with Crippen molar-refractivity contribution in [3.63, 3.8) is 0 Å². The monoisotopic (exact) mass is 568 g/mol. The van der Waals surface area contributed by atoms with Crippen LogP contribution in [0.3, 0.4) is 0 Å². The number of carbonyl (C=O) groups excluding carboxylic acids is 1. The van der Waals surface area contributed by atoms with Crippen LogP contribution in [0.25, 0.3) is 22.3 Å². The van der Waals surface area contributed by atoms with Crippen LogP contribution in [0, 0.1) is 0 Å². The maximum Gasteiger partial charge on any atom is 0.281 e. The Bertz CT molecular complexity index is 1670. The minimum atomic E-state index is -1.10. The molecule has 2 aromatic heterocycles. The highest BCUT2D eigenvalue weighted by Crippen LogP contribution is 2.37. The third-order valence-corrected chi connectivity index (χ3v) is 9.26. The van der Waals surface area contributed by atoms with Crippen molar-refractivity contribution in [2.24, 2.45) is 7.05 Å². The number of piperidine rings is 1. The fourth-order valence-corrected chi connectivity index (χ4v) is 6.75. The Labute approximate surface area is 246 Å². The molecule has 1 N–H and O–H groups in total. The SMILES string of the molecule is C[C@H](CC(=O)N1CCC(O)(Cn2cnc3c(-c4ccc5c(c4)CCC5N(C)C)n(C)nc3c2=O)CC1)c1ccccc1. The second-order valence-corrected chi connectivity index (χ2v) is 12.4. The van der Waals surface area contributed by atoms with Gasteiger partial charge in [0.15, 0.2) is 5.52 Å². The molecule has 2 aromatic carbocycles. The molecular formula is C33H40N6O3. The van der Waals surface area contributed by atoms with E-state index in [1.54, 1.807) is 4.68 Å². The predicted octanol–water partition coefficient (Wildman–Crippen LogP) is 3.89. The van der Waals surface area contributed by atoms with E-state index in [2.05, 4.69) is 54.2 Å². The van der Waals surface area contributed by atoms with E-state index in [0.717, 1.165) is 29.7 Å². The molecule has 220 valence electrons. The lowest BCUT2D eigenvalue weighted by atomic mass is 9.90. The molecule has 1 aliphatic carbocycles. The van der Waals surface area contributed by atoms with Crippen LogP contribution in [-0.2, 0) is 24.8 Å². The lowest BCUT2D eigenvalue weighted by Gasteiger charge is -2.38. The van der Waals surface area contributed by atoms with Crippen LogP contribution < -0.4 is 5.56 Å². The average Bonchev–Trinajstić information content (AvgIpc) is 3.56. The van der Waals surface area contributed by atoms with E-state index in [1.165, 1.54) is 22.0 Å². The highest BCUT2D eigenvalue weighted by molar-refractivity contribution is 5.89. The molecule has 9 nitrogen and oxygen atoms in total. The first kappa shape index (κ1) is 28.3. The molecule has 2 atom stereocenters. The third kappa shape index (κ3) is 5.27. The summed E-state index contributed by atoms with van der Waals surface area (Å²) in [6, 6.07) is 17.0. The lowest BCUT2D eigenvalue weighted by molar-refractivity contribution is -0.136. The largest absolute Gasteiger partial charge is 0.388 e. The molecule has 4 aromatic rings. The second-order valence-electron chi connectivity index (χ2n) is 12.4. The van der Waals surface area contributed by atoms with Crippen molar-refractivity contribution < 1.29 is 9.90 Å². The summed E-state index contributed by atoms with van der Waals surface area (Å²) in [5, 5.41) is 16.0. The van der Waals surface area contributed by atoms with E-state index in [0.29, 0.717) is 49.4 Å². The number of hydrogen-bond acceptors (Lipinski definition) is 6. The van der Waals surface area contributed by atoms with Gasteiger partial charge < -0.3 is 14.9 Å². The molecule has 9 heteroatoms. The highest BCUT2D eigenvalue weighted by Gasteiger charge is 2.35. The van der Waals surface area contributed by atoms with Crippen LogP contribution in [0.4, 0.5) is 0 Å². The molecule has 1 fully saturated rings. The maximum absolute atomic E-state index is 13.5. The molecule has 6 rings (SSSR count). The Morgan fingerprint density at radius 1 is 1.12 bits per heavy atom. The predicted molar refractivity (Wildman–Crippen MR) is 163 cm³/mol. The average molecular weight is 569 g/mol. The van der Waals surface area contributed by atoms with Crippen molar-refractivity contribution in [1.82, 2.24) is 29.1 Å². The van der Waals surface area contributed by atoms with Gasteiger partial charge in [-0.05, 0) is 68.5 Å². The minimum absolute atomic E-state index is 0.0958. The molecule has 0 spiro atoms. The number of aryl methyl sites for hydroxylation is 2. The van der Waals surface area contributed by atoms with E-state index in [-0.39, 0.29) is 23.9 Å². The number of rotatable bonds is 7. The van der Waals surface area contributed by atoms with Gasteiger partial charge in [0.05, 0.1) is 24.2 Å². The van der Waals surface area contributed by atoms with Gasteiger partial charge in [-0.25, -0.2) is 4.98 Å². The zero-order chi connectivity index (χ0) is 29.6. The van der Waals surface area contributed by atoms with Gasteiger partial charge in [-0.15, -0.1) is 0 Å². The summed E-state index contributed by atoms with van der Waals surface area (Å²) < 4.78 is 3.21. The molecule has 1 saturated heterocycles. The zero-order valence-corrected chi connectivity index (χ0v) is 25.0. The highest BCUT2D eigenvalue weighted by atomic mass is 16.3. The lowest BCUT2D eigenvalue weighted by Crippen LogP contribution is -2.49. The molecule has 42 heavy (non-hydrogen) atoms. The van der Waals surface area contributed by atoms with E-state index in [1.807, 2.05) is 42.3 Å². The van der Waals surface area contributed by atoms with Gasteiger partial charge in [-0.1, -0.05) is 49.4 Å². The molecule has 3 heterocycles. The number of amides is 1. The van der Waals surface area contributed by atoms with E-state index in [9.17, 15) is 14.7 Å². The van der Waals surface area contributed by atoms with Crippen LogP contribution in [0.2, 0.25) is 0 Å². The van der Waals surface area contributed by atoms with E-state index in [4.69, 9.17) is 0 Å². The van der Waals surface area contributed by atoms with Crippen LogP contribution in [0.1, 0.15) is 61.3 Å². The Morgan fingerprint density at radius 3 is 2.57 bits per heavy atom. The zero-order valence-electron chi connectivity index (χ0n) is 25.0. The van der Waals surface area contributed by atoms with E-state index < -0.39 is 5.60 Å². The summed E-state index contributed by atoms with van der Waals surface area (Å²) in [6.45, 7) is 3.11. The topological polar surface area (TPSA) is 96.5 Å². The van der Waals surface area contributed by atoms with Gasteiger partial charge in [0, 0.05) is 38.2 Å². The minimum Gasteiger partial charge on any atom is -0.388 e. The molecular weight excluding hydrogens is 528 g/mol. The Hall–Kier alpha value is -3.82. The van der Waals surface area contributed by atoms with Crippen LogP contribution >= 0.6 is 0 Å². The Kier molecular flexibility index (Phi) is 7.49. The van der Waals surface area contributed by atoms with Gasteiger partial charge in [0.1, 0.15) is 5.52 Å². The Morgan fingerprint density at radius 2 is 1.86 bits per heavy atom. The number of carbonyl (C=O) groups is 1. The smallest absolute Gasteiger partial charge is 0.281 e. The van der Waals surface area contributed by atoms with Gasteiger partial charge in [0.2, 0.25) is 5.91 Å². The number of likely N-dealkylation sites (tertiary alicyclic amines) is 1. The fourth-order valence-electron chi connectivity index (χ4n) is 6.75. The first-order chi connectivity index (χ1) is 20.1. The first-order valence-corrected chi connectivity index (χ1v) is 14.9. The standard InChI is InChI=1S/C33H40N6O3/c1-22(23-8-6-5-7-9-23)18-28(40)38-16-14-33(42,15-17-38)20-39-21-34-29-30(32(39)41)35-37(4)31(29)25-10-12-26-24(19-25)11-13-27(26)36(2)3/h5-10,12,19,21-22,27,42H,11,13-18,20H2,1-4H3/t22-,27?/m1/s1. The van der Waals surface area contributed by atoms with Gasteiger partial charge in [0.25, 0.3) is 5.56 Å². The molecule has 1 unspecified atom stereocenters. The molecule has 1 aliphatic heterocycles. The first-order valence-electron chi connectivity index (χ1n) is 14.9. The summed E-state index contributed by atoms with van der Waals surface area (Å²) in [7, 11) is 6.07. The van der Waals surface area contributed by atoms with Crippen molar-refractivity contribution in [3.05, 3.63) is 81.9 Å². The van der Waals surface area contributed by atoms with E-state index >= 15 is 0 Å². The fraction of sp³-hybridized carbons (Fsp3) is 0.455. The quantitative estimate of drug-likeness (QED) is 0.363. The van der Waals surface area contributed by atoms with Crippen LogP contribution in [-0.4, -0.2) is 72.9 Å². The third-order valence-electron chi connectivity index (χ3n) is 9.26. The number of hydrogen-bond donors (Lipinski definition) is 1. The number of fused-ring (bicyclic) bond motifs is 2. The number of aromatic nitrogens is 4. The molecule has 0 bridgehead atoms. The molecule has 2 aliphatic rings. The number of benzene rings is 2. The summed E-state index contributed by atoms with van der Waals surface area (Å²) in [4.78, 5) is 35.3. The molecule has 0 saturated carbocycles.